The molecule has 5 nitrogen and oxygen atoms in total. The van der Waals surface area contributed by atoms with Gasteiger partial charge >= 0.3 is 0 Å². The first-order valence-electron chi connectivity index (χ1n) is 10.1. The molecule has 2 aliphatic heterocycles. The zero-order valence-electron chi connectivity index (χ0n) is 15.2. The summed E-state index contributed by atoms with van der Waals surface area (Å²) in [6.45, 7) is 2.23. The highest BCUT2D eigenvalue weighted by atomic mass is 31.2. The summed E-state index contributed by atoms with van der Waals surface area (Å²) in [6, 6.07) is 0. The lowest BCUT2D eigenvalue weighted by atomic mass is 9.71. The zero-order chi connectivity index (χ0) is 17.6. The summed E-state index contributed by atoms with van der Waals surface area (Å²) < 4.78 is 20.3. The molecule has 2 amide bonds. The smallest absolute Gasteiger partial charge is 0.233 e. The van der Waals surface area contributed by atoms with Crippen molar-refractivity contribution in [1.82, 2.24) is 4.90 Å². The van der Waals surface area contributed by atoms with Crippen molar-refractivity contribution in [1.29, 1.82) is 0 Å². The molecule has 0 spiro atoms. The molecule has 6 unspecified atom stereocenters. The number of hydrogen-bond donors (Lipinski definition) is 0. The van der Waals surface area contributed by atoms with Gasteiger partial charge in [0.15, 0.2) is 0 Å². The Morgan fingerprint density at radius 2 is 1.72 bits per heavy atom. The average Bonchev–Trinajstić information content (AvgIpc) is 2.88. The summed E-state index contributed by atoms with van der Waals surface area (Å²) in [4.78, 5) is 25.9. The Bertz CT molecular complexity index is 606. The molecule has 0 bridgehead atoms. The van der Waals surface area contributed by atoms with Crippen LogP contribution in [0.3, 0.4) is 0 Å². The predicted molar refractivity (Wildman–Crippen MR) is 95.6 cm³/mol. The van der Waals surface area contributed by atoms with Gasteiger partial charge in [-0.05, 0) is 44.4 Å². The van der Waals surface area contributed by atoms with Crippen LogP contribution >= 0.6 is 7.37 Å². The van der Waals surface area contributed by atoms with E-state index in [1.807, 2.05) is 6.92 Å². The maximum Gasteiger partial charge on any atom is 0.233 e. The fraction of sp³-hybridized carbons (Fsp3) is 0.895. The first kappa shape index (κ1) is 17.7. The Morgan fingerprint density at radius 3 is 2.44 bits per heavy atom. The van der Waals surface area contributed by atoms with Gasteiger partial charge in [-0.1, -0.05) is 25.7 Å². The van der Waals surface area contributed by atoms with Crippen LogP contribution in [-0.4, -0.2) is 41.2 Å². The van der Waals surface area contributed by atoms with Gasteiger partial charge in [0.05, 0.1) is 12.0 Å². The third-order valence-electron chi connectivity index (χ3n) is 7.03. The number of carbonyl (C=O) groups excluding carboxylic acids is 2. The van der Waals surface area contributed by atoms with Crippen molar-refractivity contribution in [3.63, 3.8) is 0 Å². The third kappa shape index (κ3) is 3.02. The summed E-state index contributed by atoms with van der Waals surface area (Å²) in [6.07, 6.45) is 9.74. The van der Waals surface area contributed by atoms with E-state index in [2.05, 4.69) is 0 Å². The maximum absolute atomic E-state index is 14.0. The first-order chi connectivity index (χ1) is 12.0. The van der Waals surface area contributed by atoms with Gasteiger partial charge in [-0.25, -0.2) is 0 Å². The largest absolute Gasteiger partial charge is 0.325 e. The highest BCUT2D eigenvalue weighted by molar-refractivity contribution is 7.59. The molecule has 2 aliphatic carbocycles. The number of fused-ring (bicyclic) bond motifs is 3. The molecule has 4 rings (SSSR count). The minimum Gasteiger partial charge on any atom is -0.325 e. The number of likely N-dealkylation sites (tertiary alicyclic amines) is 1. The van der Waals surface area contributed by atoms with Crippen molar-refractivity contribution in [3.05, 3.63) is 0 Å². The average molecular weight is 367 g/mol. The van der Waals surface area contributed by atoms with Crippen LogP contribution in [0.4, 0.5) is 0 Å². The Labute approximate surface area is 150 Å². The van der Waals surface area contributed by atoms with Gasteiger partial charge in [-0.3, -0.25) is 19.1 Å². The standard InChI is InChI=1S/C19H30NO4P/c1-2-20-18(21)11-13(19(20)22)12-25(23)17-10-6-4-8-15(17)14-7-3-5-9-16(14)24-25/h13-17H,2-12H2,1H3. The minimum absolute atomic E-state index is 0.114. The molecule has 140 valence electrons. The van der Waals surface area contributed by atoms with Gasteiger partial charge in [0.25, 0.3) is 0 Å². The van der Waals surface area contributed by atoms with E-state index in [4.69, 9.17) is 4.52 Å². The molecule has 0 aromatic heterocycles. The van der Waals surface area contributed by atoms with E-state index >= 15 is 0 Å². The monoisotopic (exact) mass is 367 g/mol. The molecule has 6 heteroatoms. The van der Waals surface area contributed by atoms with E-state index in [1.54, 1.807) is 0 Å². The van der Waals surface area contributed by atoms with Crippen LogP contribution < -0.4 is 0 Å². The lowest BCUT2D eigenvalue weighted by Gasteiger charge is -2.51. The molecule has 0 aromatic carbocycles. The van der Waals surface area contributed by atoms with E-state index in [-0.39, 0.29) is 30.0 Å². The number of imide groups is 1. The summed E-state index contributed by atoms with van der Waals surface area (Å²) in [5.74, 6) is 0.393. The summed E-state index contributed by atoms with van der Waals surface area (Å²) in [5, 5.41) is 0. The van der Waals surface area contributed by atoms with Gasteiger partial charge in [0.1, 0.15) is 0 Å². The van der Waals surface area contributed by atoms with Crippen LogP contribution in [0.2, 0.25) is 0 Å². The van der Waals surface area contributed by atoms with Gasteiger partial charge in [-0.15, -0.1) is 0 Å². The second-order valence-corrected chi connectivity index (χ2v) is 11.1. The molecule has 2 saturated carbocycles. The van der Waals surface area contributed by atoms with E-state index in [0.717, 1.165) is 32.1 Å². The summed E-state index contributed by atoms with van der Waals surface area (Å²) in [7, 11) is -2.88. The van der Waals surface area contributed by atoms with Crippen molar-refractivity contribution in [2.75, 3.05) is 12.7 Å². The molecule has 6 atom stereocenters. The molecule has 4 aliphatic rings. The molecule has 0 radical (unpaired) electrons. The van der Waals surface area contributed by atoms with Crippen LogP contribution in [0.15, 0.2) is 0 Å². The molecule has 25 heavy (non-hydrogen) atoms. The van der Waals surface area contributed by atoms with Crippen LogP contribution in [0.25, 0.3) is 0 Å². The van der Waals surface area contributed by atoms with Crippen molar-refractivity contribution in [3.8, 4) is 0 Å². The van der Waals surface area contributed by atoms with Gasteiger partial charge < -0.3 is 4.52 Å². The Morgan fingerprint density at radius 1 is 1.04 bits per heavy atom. The molecule has 2 heterocycles. The highest BCUT2D eigenvalue weighted by Gasteiger charge is 2.54. The lowest BCUT2D eigenvalue weighted by molar-refractivity contribution is -0.138. The number of rotatable bonds is 3. The van der Waals surface area contributed by atoms with Crippen LogP contribution in [-0.2, 0) is 18.7 Å². The maximum atomic E-state index is 14.0. The quantitative estimate of drug-likeness (QED) is 0.562. The third-order valence-corrected chi connectivity index (χ3v) is 10.3. The second-order valence-electron chi connectivity index (χ2n) is 8.39. The van der Waals surface area contributed by atoms with Crippen molar-refractivity contribution in [2.24, 2.45) is 17.8 Å². The molecule has 0 N–H and O–H groups in total. The highest BCUT2D eigenvalue weighted by Crippen LogP contribution is 2.67. The van der Waals surface area contributed by atoms with Crippen molar-refractivity contribution < 1.29 is 18.7 Å². The second kappa shape index (κ2) is 6.81. The Kier molecular flexibility index (Phi) is 4.83. The van der Waals surface area contributed by atoms with Gasteiger partial charge in [0.2, 0.25) is 19.2 Å². The first-order valence-corrected chi connectivity index (χ1v) is 12.0. The Hall–Kier alpha value is -0.670. The SMILES string of the molecule is CCN1C(=O)CC(CP2(=O)OC3CCCCC3C3CCCCC32)C1=O. The lowest BCUT2D eigenvalue weighted by Crippen LogP contribution is -2.46. The van der Waals surface area contributed by atoms with Crippen molar-refractivity contribution in [2.45, 2.75) is 76.5 Å². The number of hydrogen-bond acceptors (Lipinski definition) is 4. The van der Waals surface area contributed by atoms with E-state index in [9.17, 15) is 14.2 Å². The number of carbonyl (C=O) groups is 2. The molecular weight excluding hydrogens is 337 g/mol. The van der Waals surface area contributed by atoms with Gasteiger partial charge in [-0.2, -0.15) is 0 Å². The number of nitrogens with zero attached hydrogens (tertiary/aromatic N) is 1. The van der Waals surface area contributed by atoms with E-state index in [0.29, 0.717) is 24.5 Å². The Balaban J connectivity index is 1.57. The molecule has 4 fully saturated rings. The predicted octanol–water partition coefficient (Wildman–Crippen LogP) is 3.81. The normalized spacial score (nSPS) is 44.5. The van der Waals surface area contributed by atoms with E-state index in [1.165, 1.54) is 24.2 Å². The zero-order valence-corrected chi connectivity index (χ0v) is 16.1. The summed E-state index contributed by atoms with van der Waals surface area (Å²) >= 11 is 0. The van der Waals surface area contributed by atoms with E-state index < -0.39 is 13.3 Å². The van der Waals surface area contributed by atoms with Crippen LogP contribution in [0.5, 0.6) is 0 Å². The molecule has 2 saturated heterocycles. The molecular formula is C19H30NO4P. The summed E-state index contributed by atoms with van der Waals surface area (Å²) in [5.41, 5.74) is 0.124. The van der Waals surface area contributed by atoms with Crippen LogP contribution in [0, 0.1) is 17.8 Å². The van der Waals surface area contributed by atoms with Crippen LogP contribution in [0.1, 0.15) is 64.7 Å². The number of amides is 2. The fourth-order valence-electron chi connectivity index (χ4n) is 5.89. The minimum atomic E-state index is -2.88. The fourth-order valence-corrected chi connectivity index (χ4v) is 9.56. The topological polar surface area (TPSA) is 63.7 Å². The molecule has 0 aromatic rings. The van der Waals surface area contributed by atoms with Crippen molar-refractivity contribution >= 4 is 19.2 Å². The van der Waals surface area contributed by atoms with Gasteiger partial charge in [0, 0.05) is 24.8 Å².